The standard InChI is InChI=1S/C16H16N2O6/c1-3-4-10-5-9(7-12(24-2)14(10)21)6-11-15(22)18(8-13(19)20)16(23)17-11/h3,5-7,21H,1,4,8H2,2H3,(H,17,23)(H,19,20)/p-1/b11-6+. The van der Waals surface area contributed by atoms with Gasteiger partial charge in [0.25, 0.3) is 5.91 Å². The quantitative estimate of drug-likeness (QED) is 0.422. The van der Waals surface area contributed by atoms with E-state index in [0.717, 1.165) is 0 Å². The van der Waals surface area contributed by atoms with Crippen LogP contribution in [0.5, 0.6) is 11.5 Å². The van der Waals surface area contributed by atoms with Crippen LogP contribution in [-0.2, 0) is 16.0 Å². The van der Waals surface area contributed by atoms with E-state index in [1.165, 1.54) is 19.3 Å². The molecule has 1 aliphatic heterocycles. The average Bonchev–Trinajstić information content (AvgIpc) is 2.77. The lowest BCUT2D eigenvalue weighted by Crippen LogP contribution is -2.41. The van der Waals surface area contributed by atoms with E-state index in [0.29, 0.717) is 22.4 Å². The zero-order valence-corrected chi connectivity index (χ0v) is 12.9. The highest BCUT2D eigenvalue weighted by Crippen LogP contribution is 2.33. The fourth-order valence-corrected chi connectivity index (χ4v) is 2.25. The number of ether oxygens (including phenoxy) is 1. The van der Waals surface area contributed by atoms with Gasteiger partial charge in [0.2, 0.25) is 0 Å². The van der Waals surface area contributed by atoms with Crippen molar-refractivity contribution in [1.29, 1.82) is 0 Å². The predicted octanol–water partition coefficient (Wildman–Crippen LogP) is -0.228. The Morgan fingerprint density at radius 1 is 1.46 bits per heavy atom. The maximum atomic E-state index is 12.1. The molecule has 0 aromatic heterocycles. The SMILES string of the molecule is C=CCc1cc(/C=C2/NC(=O)N(CC(=O)[O-])C2=O)cc(OC)c1O. The molecule has 8 heteroatoms. The van der Waals surface area contributed by atoms with Gasteiger partial charge >= 0.3 is 6.03 Å². The molecule has 0 spiro atoms. The zero-order chi connectivity index (χ0) is 17.9. The van der Waals surface area contributed by atoms with Crippen LogP contribution in [0.15, 0.2) is 30.5 Å². The monoisotopic (exact) mass is 331 g/mol. The number of nitrogens with zero attached hydrogens (tertiary/aromatic N) is 1. The molecule has 1 aromatic rings. The summed E-state index contributed by atoms with van der Waals surface area (Å²) in [5.74, 6) is -2.16. The van der Waals surface area contributed by atoms with Gasteiger partial charge in [-0.3, -0.25) is 9.69 Å². The number of imide groups is 1. The smallest absolute Gasteiger partial charge is 0.329 e. The van der Waals surface area contributed by atoms with Crippen molar-refractivity contribution >= 4 is 24.0 Å². The molecule has 0 atom stereocenters. The van der Waals surface area contributed by atoms with E-state index < -0.39 is 24.5 Å². The minimum absolute atomic E-state index is 0.0417. The highest BCUT2D eigenvalue weighted by atomic mass is 16.5. The number of hydrogen-bond donors (Lipinski definition) is 2. The normalized spacial score (nSPS) is 15.5. The van der Waals surface area contributed by atoms with Crippen molar-refractivity contribution in [2.75, 3.05) is 13.7 Å². The van der Waals surface area contributed by atoms with E-state index in [1.807, 2.05) is 0 Å². The van der Waals surface area contributed by atoms with Gasteiger partial charge in [0.05, 0.1) is 19.6 Å². The molecule has 24 heavy (non-hydrogen) atoms. The summed E-state index contributed by atoms with van der Waals surface area (Å²) in [7, 11) is 1.38. The highest BCUT2D eigenvalue weighted by Gasteiger charge is 2.33. The number of carbonyl (C=O) groups excluding carboxylic acids is 3. The summed E-state index contributed by atoms with van der Waals surface area (Å²) in [6.45, 7) is 2.77. The van der Waals surface area contributed by atoms with E-state index in [1.54, 1.807) is 12.1 Å². The number of rotatable bonds is 6. The maximum absolute atomic E-state index is 12.1. The number of carboxylic acid groups (broad SMARTS) is 1. The summed E-state index contributed by atoms with van der Waals surface area (Å²) in [5.41, 5.74) is 0.929. The summed E-state index contributed by atoms with van der Waals surface area (Å²) >= 11 is 0. The van der Waals surface area contributed by atoms with Crippen LogP contribution >= 0.6 is 0 Å². The van der Waals surface area contributed by atoms with Crippen molar-refractivity contribution in [2.45, 2.75) is 6.42 Å². The lowest BCUT2D eigenvalue weighted by atomic mass is 10.0. The van der Waals surface area contributed by atoms with Crippen LogP contribution in [-0.4, -0.2) is 41.6 Å². The predicted molar refractivity (Wildman–Crippen MR) is 81.8 cm³/mol. The lowest BCUT2D eigenvalue weighted by Gasteiger charge is -2.11. The van der Waals surface area contributed by atoms with Crippen LogP contribution in [0.2, 0.25) is 0 Å². The first-order chi connectivity index (χ1) is 11.4. The van der Waals surface area contributed by atoms with Gasteiger partial charge in [0.1, 0.15) is 5.70 Å². The van der Waals surface area contributed by atoms with E-state index in [2.05, 4.69) is 11.9 Å². The van der Waals surface area contributed by atoms with E-state index in [9.17, 15) is 24.6 Å². The highest BCUT2D eigenvalue weighted by molar-refractivity contribution is 6.15. The third kappa shape index (κ3) is 3.37. The van der Waals surface area contributed by atoms with Crippen molar-refractivity contribution in [3.8, 4) is 11.5 Å². The summed E-state index contributed by atoms with van der Waals surface area (Å²) in [6, 6.07) is 2.25. The topological polar surface area (TPSA) is 119 Å². The summed E-state index contributed by atoms with van der Waals surface area (Å²) in [5, 5.41) is 22.9. The Morgan fingerprint density at radius 2 is 2.17 bits per heavy atom. The van der Waals surface area contributed by atoms with Crippen LogP contribution in [0.25, 0.3) is 6.08 Å². The minimum atomic E-state index is -1.54. The molecule has 0 aliphatic carbocycles. The fourth-order valence-electron chi connectivity index (χ4n) is 2.25. The molecule has 2 rings (SSSR count). The van der Waals surface area contributed by atoms with Crippen molar-refractivity contribution in [3.63, 3.8) is 0 Å². The fraction of sp³-hybridized carbons (Fsp3) is 0.188. The molecule has 1 fully saturated rings. The molecule has 0 saturated carbocycles. The number of aliphatic carboxylic acids is 1. The Bertz CT molecular complexity index is 753. The number of carbonyl (C=O) groups is 3. The Hall–Kier alpha value is -3.29. The van der Waals surface area contributed by atoms with Gasteiger partial charge in [0.15, 0.2) is 11.5 Å². The largest absolute Gasteiger partial charge is 0.548 e. The third-order valence-corrected chi connectivity index (χ3v) is 3.32. The van der Waals surface area contributed by atoms with Crippen molar-refractivity contribution in [1.82, 2.24) is 10.2 Å². The van der Waals surface area contributed by atoms with Crippen LogP contribution in [0.4, 0.5) is 4.79 Å². The number of allylic oxidation sites excluding steroid dienone is 1. The molecule has 1 aromatic carbocycles. The number of phenolic OH excluding ortho intramolecular Hbond substituents is 1. The Kier molecular flexibility index (Phi) is 4.88. The van der Waals surface area contributed by atoms with Crippen LogP contribution < -0.4 is 15.2 Å². The molecule has 0 bridgehead atoms. The van der Waals surface area contributed by atoms with Gasteiger partial charge in [-0.15, -0.1) is 6.58 Å². The number of hydrogen-bond acceptors (Lipinski definition) is 6. The molecule has 1 saturated heterocycles. The first-order valence-corrected chi connectivity index (χ1v) is 6.92. The molecule has 0 unspecified atom stereocenters. The van der Waals surface area contributed by atoms with Crippen LogP contribution in [0, 0.1) is 0 Å². The molecule has 126 valence electrons. The zero-order valence-electron chi connectivity index (χ0n) is 12.9. The average molecular weight is 331 g/mol. The lowest BCUT2D eigenvalue weighted by molar-refractivity contribution is -0.305. The number of urea groups is 1. The van der Waals surface area contributed by atoms with Gasteiger partial charge in [0, 0.05) is 5.56 Å². The number of aromatic hydroxyl groups is 1. The molecule has 2 N–H and O–H groups in total. The van der Waals surface area contributed by atoms with Crippen molar-refractivity contribution in [3.05, 3.63) is 41.6 Å². The molecular formula is C16H15N2O6-. The molecule has 8 nitrogen and oxygen atoms in total. The van der Waals surface area contributed by atoms with Gasteiger partial charge in [-0.2, -0.15) is 0 Å². The second-order valence-electron chi connectivity index (χ2n) is 4.98. The number of carboxylic acids is 1. The molecule has 1 heterocycles. The van der Waals surface area contributed by atoms with Gasteiger partial charge in [-0.25, -0.2) is 4.79 Å². The number of benzene rings is 1. The van der Waals surface area contributed by atoms with Gasteiger partial charge in [-0.1, -0.05) is 6.08 Å². The summed E-state index contributed by atoms with van der Waals surface area (Å²) in [4.78, 5) is 34.8. The van der Waals surface area contributed by atoms with E-state index >= 15 is 0 Å². The first-order valence-electron chi connectivity index (χ1n) is 6.92. The molecule has 1 aliphatic rings. The second kappa shape index (κ2) is 6.86. The Morgan fingerprint density at radius 3 is 2.75 bits per heavy atom. The third-order valence-electron chi connectivity index (χ3n) is 3.32. The molecular weight excluding hydrogens is 316 g/mol. The van der Waals surface area contributed by atoms with Crippen LogP contribution in [0.1, 0.15) is 11.1 Å². The van der Waals surface area contributed by atoms with Crippen molar-refractivity contribution in [2.24, 2.45) is 0 Å². The second-order valence-corrected chi connectivity index (χ2v) is 4.98. The first kappa shape index (κ1) is 17.1. The molecule has 3 amide bonds. The van der Waals surface area contributed by atoms with Crippen LogP contribution in [0.3, 0.4) is 0 Å². The number of nitrogens with one attached hydrogen (secondary N) is 1. The molecule has 0 radical (unpaired) electrons. The maximum Gasteiger partial charge on any atom is 0.329 e. The minimum Gasteiger partial charge on any atom is -0.548 e. The Labute approximate surface area is 137 Å². The van der Waals surface area contributed by atoms with E-state index in [4.69, 9.17) is 4.74 Å². The van der Waals surface area contributed by atoms with E-state index in [-0.39, 0.29) is 17.2 Å². The van der Waals surface area contributed by atoms with Gasteiger partial charge in [-0.05, 0) is 30.2 Å². The van der Waals surface area contributed by atoms with Gasteiger partial charge < -0.3 is 25.1 Å². The number of methoxy groups -OCH3 is 1. The number of amides is 3. The summed E-state index contributed by atoms with van der Waals surface area (Å²) in [6.07, 6.45) is 3.33. The number of phenols is 1. The van der Waals surface area contributed by atoms with Crippen molar-refractivity contribution < 1.29 is 29.3 Å². The Balaban J connectivity index is 2.39. The summed E-state index contributed by atoms with van der Waals surface area (Å²) < 4.78 is 5.08.